The molecule has 0 atom stereocenters. The summed E-state index contributed by atoms with van der Waals surface area (Å²) in [5.41, 5.74) is 0.692. The first-order chi connectivity index (χ1) is 10.1. The van der Waals surface area contributed by atoms with Gasteiger partial charge in [0.25, 0.3) is 5.91 Å². The number of benzene rings is 1. The van der Waals surface area contributed by atoms with Crippen LogP contribution in [0.25, 0.3) is 0 Å². The van der Waals surface area contributed by atoms with E-state index in [1.807, 2.05) is 0 Å². The van der Waals surface area contributed by atoms with E-state index >= 15 is 0 Å². The molecule has 0 spiro atoms. The van der Waals surface area contributed by atoms with Gasteiger partial charge in [-0.15, -0.1) is 0 Å². The first-order valence-electron chi connectivity index (χ1n) is 6.98. The molecule has 0 saturated carbocycles. The average molecular weight is 291 g/mol. The Morgan fingerprint density at radius 1 is 1.38 bits per heavy atom. The lowest BCUT2D eigenvalue weighted by atomic mass is 10.0. The van der Waals surface area contributed by atoms with Gasteiger partial charge in [-0.2, -0.15) is 0 Å². The van der Waals surface area contributed by atoms with Crippen LogP contribution in [0, 0.1) is 17.7 Å². The lowest BCUT2D eigenvalue weighted by Gasteiger charge is -2.29. The summed E-state index contributed by atoms with van der Waals surface area (Å²) in [6.45, 7) is 0.900. The Balaban J connectivity index is 2.22. The van der Waals surface area contributed by atoms with Crippen LogP contribution >= 0.6 is 0 Å². The van der Waals surface area contributed by atoms with E-state index in [9.17, 15) is 14.3 Å². The molecule has 1 aliphatic heterocycles. The van der Waals surface area contributed by atoms with E-state index in [4.69, 9.17) is 5.11 Å². The molecular weight excluding hydrogens is 273 g/mol. The highest BCUT2D eigenvalue weighted by Crippen LogP contribution is 2.17. The van der Waals surface area contributed by atoms with E-state index in [0.29, 0.717) is 37.1 Å². The third-order valence-corrected chi connectivity index (χ3v) is 3.42. The van der Waals surface area contributed by atoms with Gasteiger partial charge >= 0.3 is 0 Å². The molecule has 0 aliphatic carbocycles. The Morgan fingerprint density at radius 3 is 2.76 bits per heavy atom. The second-order valence-corrected chi connectivity index (χ2v) is 4.99. The molecule has 112 valence electrons. The van der Waals surface area contributed by atoms with Gasteiger partial charge in [0, 0.05) is 25.1 Å². The molecule has 0 radical (unpaired) electrons. The molecule has 1 saturated heterocycles. The van der Waals surface area contributed by atoms with E-state index in [0.717, 1.165) is 0 Å². The topological polar surface area (TPSA) is 60.8 Å². The highest BCUT2D eigenvalue weighted by atomic mass is 19.1. The van der Waals surface area contributed by atoms with Gasteiger partial charge in [-0.05, 0) is 31.0 Å². The molecule has 5 heteroatoms. The standard InChI is InChI=1S/C16H18FNO3/c17-13-4-5-15(12(11-13)3-1-2-10-19)16(21)18-8-6-14(20)7-9-18/h4-5,11,14,19-20H,2,6-10H2. The zero-order chi connectivity index (χ0) is 15.2. The number of likely N-dealkylation sites (tertiary alicyclic amines) is 1. The fourth-order valence-electron chi connectivity index (χ4n) is 2.26. The minimum atomic E-state index is -0.450. The normalized spacial score (nSPS) is 15.5. The Labute approximate surface area is 123 Å². The Bertz CT molecular complexity index is 569. The third kappa shape index (κ3) is 4.03. The van der Waals surface area contributed by atoms with Gasteiger partial charge in [0.05, 0.1) is 18.3 Å². The van der Waals surface area contributed by atoms with Gasteiger partial charge in [-0.3, -0.25) is 4.79 Å². The summed E-state index contributed by atoms with van der Waals surface area (Å²) in [5.74, 6) is 4.79. The number of rotatable bonds is 2. The van der Waals surface area contributed by atoms with Crippen molar-refractivity contribution in [1.29, 1.82) is 0 Å². The SMILES string of the molecule is O=C(c1ccc(F)cc1C#CCCO)N1CCC(O)CC1. The fraction of sp³-hybridized carbons (Fsp3) is 0.438. The quantitative estimate of drug-likeness (QED) is 0.804. The molecule has 1 aromatic rings. The monoisotopic (exact) mass is 291 g/mol. The van der Waals surface area contributed by atoms with Gasteiger partial charge in [0.1, 0.15) is 5.82 Å². The first-order valence-corrected chi connectivity index (χ1v) is 6.98. The number of aliphatic hydroxyl groups excluding tert-OH is 2. The van der Waals surface area contributed by atoms with Crippen LogP contribution in [0.5, 0.6) is 0 Å². The van der Waals surface area contributed by atoms with Gasteiger partial charge < -0.3 is 15.1 Å². The molecule has 4 nitrogen and oxygen atoms in total. The molecule has 1 fully saturated rings. The summed E-state index contributed by atoms with van der Waals surface area (Å²) in [6.07, 6.45) is 1.03. The molecule has 0 aromatic heterocycles. The number of carbonyl (C=O) groups excluding carboxylic acids is 1. The zero-order valence-corrected chi connectivity index (χ0v) is 11.7. The van der Waals surface area contributed by atoms with Crippen molar-refractivity contribution in [2.24, 2.45) is 0 Å². The van der Waals surface area contributed by atoms with E-state index < -0.39 is 5.82 Å². The molecule has 21 heavy (non-hydrogen) atoms. The number of piperidine rings is 1. The second-order valence-electron chi connectivity index (χ2n) is 4.99. The van der Waals surface area contributed by atoms with Crippen LogP contribution in [0.4, 0.5) is 4.39 Å². The molecule has 2 rings (SSSR count). The fourth-order valence-corrected chi connectivity index (χ4v) is 2.26. The summed E-state index contributed by atoms with van der Waals surface area (Å²) < 4.78 is 13.3. The number of nitrogens with zero attached hydrogens (tertiary/aromatic N) is 1. The van der Waals surface area contributed by atoms with Crippen molar-refractivity contribution in [1.82, 2.24) is 4.90 Å². The summed E-state index contributed by atoms with van der Waals surface area (Å²) in [7, 11) is 0. The van der Waals surface area contributed by atoms with Gasteiger partial charge in [-0.25, -0.2) is 4.39 Å². The molecule has 0 bridgehead atoms. The van der Waals surface area contributed by atoms with E-state index in [1.54, 1.807) is 4.90 Å². The number of hydrogen-bond acceptors (Lipinski definition) is 3. The van der Waals surface area contributed by atoms with Crippen molar-refractivity contribution in [2.75, 3.05) is 19.7 Å². The zero-order valence-electron chi connectivity index (χ0n) is 11.7. The summed E-state index contributed by atoms with van der Waals surface area (Å²) in [6, 6.07) is 3.91. The van der Waals surface area contributed by atoms with Gasteiger partial charge in [0.15, 0.2) is 0 Å². The molecular formula is C16H18FNO3. The highest BCUT2D eigenvalue weighted by Gasteiger charge is 2.23. The molecule has 2 N–H and O–H groups in total. The van der Waals surface area contributed by atoms with Crippen LogP contribution < -0.4 is 0 Å². The lowest BCUT2D eigenvalue weighted by molar-refractivity contribution is 0.0546. The molecule has 0 unspecified atom stereocenters. The van der Waals surface area contributed by atoms with Crippen molar-refractivity contribution in [3.05, 3.63) is 35.1 Å². The molecule has 1 aromatic carbocycles. The number of aliphatic hydroxyl groups is 2. The Hall–Kier alpha value is -1.90. The predicted octanol–water partition coefficient (Wildman–Crippen LogP) is 1.16. The third-order valence-electron chi connectivity index (χ3n) is 3.42. The van der Waals surface area contributed by atoms with E-state index in [1.165, 1.54) is 18.2 Å². The van der Waals surface area contributed by atoms with Crippen molar-refractivity contribution >= 4 is 5.91 Å². The number of amides is 1. The van der Waals surface area contributed by atoms with Crippen LogP contribution in [0.15, 0.2) is 18.2 Å². The molecule has 1 amide bonds. The number of carbonyl (C=O) groups is 1. The Morgan fingerprint density at radius 2 is 2.10 bits per heavy atom. The van der Waals surface area contributed by atoms with Crippen molar-refractivity contribution in [2.45, 2.75) is 25.4 Å². The van der Waals surface area contributed by atoms with Crippen LogP contribution in [0.1, 0.15) is 35.2 Å². The van der Waals surface area contributed by atoms with E-state index in [-0.39, 0.29) is 25.0 Å². The highest BCUT2D eigenvalue weighted by molar-refractivity contribution is 5.96. The van der Waals surface area contributed by atoms with Gasteiger partial charge in [0.2, 0.25) is 0 Å². The summed E-state index contributed by atoms with van der Waals surface area (Å²) in [4.78, 5) is 14.1. The smallest absolute Gasteiger partial charge is 0.255 e. The maximum atomic E-state index is 13.3. The molecule has 1 heterocycles. The minimum absolute atomic E-state index is 0.0738. The van der Waals surface area contributed by atoms with Crippen LogP contribution in [-0.2, 0) is 0 Å². The first kappa shape index (κ1) is 15.5. The lowest BCUT2D eigenvalue weighted by Crippen LogP contribution is -2.40. The number of hydrogen-bond donors (Lipinski definition) is 2. The molecule has 1 aliphatic rings. The van der Waals surface area contributed by atoms with Gasteiger partial charge in [-0.1, -0.05) is 11.8 Å². The Kier molecular flexibility index (Phi) is 5.32. The van der Waals surface area contributed by atoms with Crippen LogP contribution in [0.2, 0.25) is 0 Å². The van der Waals surface area contributed by atoms with Crippen molar-refractivity contribution in [3.63, 3.8) is 0 Å². The van der Waals surface area contributed by atoms with Crippen molar-refractivity contribution in [3.8, 4) is 11.8 Å². The maximum absolute atomic E-state index is 13.3. The predicted molar refractivity (Wildman–Crippen MR) is 76.1 cm³/mol. The number of halogens is 1. The largest absolute Gasteiger partial charge is 0.395 e. The summed E-state index contributed by atoms with van der Waals surface area (Å²) >= 11 is 0. The van der Waals surface area contributed by atoms with Crippen molar-refractivity contribution < 1.29 is 19.4 Å². The maximum Gasteiger partial charge on any atom is 0.255 e. The van der Waals surface area contributed by atoms with E-state index in [2.05, 4.69) is 11.8 Å². The summed E-state index contributed by atoms with van der Waals surface area (Å²) in [5, 5.41) is 18.2. The second kappa shape index (κ2) is 7.21. The average Bonchev–Trinajstić information content (AvgIpc) is 2.48. The van der Waals surface area contributed by atoms with Crippen LogP contribution in [0.3, 0.4) is 0 Å². The minimum Gasteiger partial charge on any atom is -0.395 e. The van der Waals surface area contributed by atoms with Crippen LogP contribution in [-0.4, -0.2) is 46.8 Å².